The van der Waals surface area contributed by atoms with E-state index in [1.54, 1.807) is 48.2 Å². The maximum Gasteiger partial charge on any atom is 0.335 e. The van der Waals surface area contributed by atoms with Gasteiger partial charge in [-0.15, -0.1) is 0 Å². The second-order valence-electron chi connectivity index (χ2n) is 9.41. The van der Waals surface area contributed by atoms with Crippen molar-refractivity contribution >= 4 is 17.6 Å². The third-order valence-corrected chi connectivity index (χ3v) is 7.46. The predicted octanol–water partition coefficient (Wildman–Crippen LogP) is 5.77. The summed E-state index contributed by atoms with van der Waals surface area (Å²) in [5, 5.41) is 18.5. The molecule has 0 radical (unpaired) electrons. The van der Waals surface area contributed by atoms with Gasteiger partial charge >= 0.3 is 5.97 Å². The Labute approximate surface area is 198 Å². The minimum Gasteiger partial charge on any atom is -0.478 e. The van der Waals surface area contributed by atoms with Gasteiger partial charge in [0.2, 0.25) is 5.91 Å². The molecule has 34 heavy (non-hydrogen) atoms. The zero-order valence-electron chi connectivity index (χ0n) is 19.5. The lowest BCUT2D eigenvalue weighted by Crippen LogP contribution is -2.36. The molecule has 4 rings (SSSR count). The van der Waals surface area contributed by atoms with E-state index in [0.717, 1.165) is 0 Å². The Bertz CT molecular complexity index is 1270. The van der Waals surface area contributed by atoms with Gasteiger partial charge in [0.25, 0.3) is 0 Å². The van der Waals surface area contributed by atoms with E-state index in [1.165, 1.54) is 18.2 Å². The Morgan fingerprint density at radius 3 is 2.71 bits per heavy atom. The van der Waals surface area contributed by atoms with E-state index in [4.69, 9.17) is 0 Å². The van der Waals surface area contributed by atoms with Crippen molar-refractivity contribution in [2.24, 2.45) is 11.3 Å². The second kappa shape index (κ2) is 8.57. The van der Waals surface area contributed by atoms with Crippen molar-refractivity contribution in [3.8, 4) is 6.07 Å². The van der Waals surface area contributed by atoms with Gasteiger partial charge in [-0.3, -0.25) is 4.79 Å². The standard InChI is InChI=1S/C28H27FN2O3/c1-4-19(15-30)8-6-12-27(18(2)3)17-28(27)23-14-22(29)10-11-24(23)31(26(28)34)16-20-7-5-9-21(13-20)25(32)33/h4-11,13-14,18H,12,16-17H2,1-3H3,(H,32,33). The first-order chi connectivity index (χ1) is 16.2. The molecule has 0 aromatic heterocycles. The molecule has 2 unspecified atom stereocenters. The number of nitrogens with zero attached hydrogens (tertiary/aromatic N) is 2. The van der Waals surface area contributed by atoms with Crippen LogP contribution in [0.2, 0.25) is 0 Å². The maximum atomic E-state index is 14.4. The number of carboxylic acid groups (broad SMARTS) is 1. The van der Waals surface area contributed by atoms with E-state index in [9.17, 15) is 24.3 Å². The number of carbonyl (C=O) groups is 2. The van der Waals surface area contributed by atoms with Gasteiger partial charge in [-0.2, -0.15) is 5.26 Å². The largest absolute Gasteiger partial charge is 0.478 e. The molecule has 0 bridgehead atoms. The Hall–Kier alpha value is -3.72. The first-order valence-corrected chi connectivity index (χ1v) is 11.4. The highest BCUT2D eigenvalue weighted by atomic mass is 19.1. The lowest BCUT2D eigenvalue weighted by atomic mass is 9.77. The average Bonchev–Trinajstić information content (AvgIpc) is 3.46. The van der Waals surface area contributed by atoms with Crippen LogP contribution < -0.4 is 4.90 Å². The molecule has 1 heterocycles. The molecule has 1 fully saturated rings. The number of nitriles is 1. The van der Waals surface area contributed by atoms with E-state index in [2.05, 4.69) is 19.9 Å². The molecular weight excluding hydrogens is 431 g/mol. The van der Waals surface area contributed by atoms with Gasteiger partial charge in [-0.1, -0.05) is 38.1 Å². The number of amides is 1. The first kappa shape index (κ1) is 23.4. The molecule has 2 aromatic rings. The quantitative estimate of drug-likeness (QED) is 0.422. The Balaban J connectivity index is 1.74. The van der Waals surface area contributed by atoms with Gasteiger partial charge in [0, 0.05) is 11.3 Å². The molecule has 174 valence electrons. The Kier molecular flexibility index (Phi) is 5.91. The van der Waals surface area contributed by atoms with Crippen LogP contribution in [0, 0.1) is 28.5 Å². The minimum absolute atomic E-state index is 0.0810. The van der Waals surface area contributed by atoms with Crippen molar-refractivity contribution in [2.75, 3.05) is 4.90 Å². The molecule has 5 nitrogen and oxygen atoms in total. The van der Waals surface area contributed by atoms with Crippen molar-refractivity contribution in [1.29, 1.82) is 5.26 Å². The first-order valence-electron chi connectivity index (χ1n) is 11.4. The molecule has 1 aliphatic carbocycles. The number of allylic oxidation sites excluding steroid dienone is 4. The number of hydrogen-bond donors (Lipinski definition) is 1. The minimum atomic E-state index is -1.03. The van der Waals surface area contributed by atoms with Crippen molar-refractivity contribution in [3.05, 3.63) is 88.8 Å². The number of halogens is 1. The summed E-state index contributed by atoms with van der Waals surface area (Å²) in [5.74, 6) is -1.35. The number of hydrogen-bond acceptors (Lipinski definition) is 3. The molecule has 1 saturated carbocycles. The second-order valence-corrected chi connectivity index (χ2v) is 9.41. The van der Waals surface area contributed by atoms with Gasteiger partial charge in [0.15, 0.2) is 0 Å². The summed E-state index contributed by atoms with van der Waals surface area (Å²) in [7, 11) is 0. The molecule has 6 heteroatoms. The van der Waals surface area contributed by atoms with Crippen LogP contribution in [0.3, 0.4) is 0 Å². The summed E-state index contributed by atoms with van der Waals surface area (Å²) in [4.78, 5) is 27.1. The maximum absolute atomic E-state index is 14.4. The molecule has 0 saturated heterocycles. The number of carboxylic acids is 1. The van der Waals surface area contributed by atoms with Crippen LogP contribution in [0.5, 0.6) is 0 Å². The van der Waals surface area contributed by atoms with Crippen LogP contribution >= 0.6 is 0 Å². The lowest BCUT2D eigenvalue weighted by molar-refractivity contribution is -0.121. The molecule has 1 spiro atoms. The Morgan fingerprint density at radius 1 is 1.29 bits per heavy atom. The fourth-order valence-electron chi connectivity index (χ4n) is 5.54. The number of fused-ring (bicyclic) bond motifs is 2. The molecule has 2 aliphatic rings. The smallest absolute Gasteiger partial charge is 0.335 e. The monoisotopic (exact) mass is 458 g/mol. The topological polar surface area (TPSA) is 81.4 Å². The Morgan fingerprint density at radius 2 is 2.06 bits per heavy atom. The van der Waals surface area contributed by atoms with E-state index < -0.39 is 16.8 Å². The van der Waals surface area contributed by atoms with Crippen LogP contribution in [0.4, 0.5) is 10.1 Å². The SMILES string of the molecule is CC=C(C#N)C=CCC1(C(C)C)CC12C(=O)N(Cc1cccc(C(=O)O)c1)c1ccc(F)cc12. The average molecular weight is 459 g/mol. The molecular formula is C28H27FN2O3. The van der Waals surface area contributed by atoms with Crippen LogP contribution in [0.15, 0.2) is 66.3 Å². The van der Waals surface area contributed by atoms with Gasteiger partial charge in [-0.05, 0) is 78.6 Å². The molecule has 1 aliphatic heterocycles. The summed E-state index contributed by atoms with van der Waals surface area (Å²) in [6.45, 7) is 6.17. The van der Waals surface area contributed by atoms with Crippen LogP contribution in [-0.4, -0.2) is 17.0 Å². The normalized spacial score (nSPS) is 23.6. The summed E-state index contributed by atoms with van der Waals surface area (Å²) < 4.78 is 14.4. The highest BCUT2D eigenvalue weighted by Crippen LogP contribution is 2.74. The van der Waals surface area contributed by atoms with E-state index >= 15 is 0 Å². The van der Waals surface area contributed by atoms with Crippen molar-refractivity contribution in [1.82, 2.24) is 0 Å². The highest BCUT2D eigenvalue weighted by Gasteiger charge is 2.76. The third-order valence-electron chi connectivity index (χ3n) is 7.46. The number of rotatable bonds is 7. The van der Waals surface area contributed by atoms with Gasteiger partial charge in [0.05, 0.1) is 23.6 Å². The van der Waals surface area contributed by atoms with Gasteiger partial charge in [0.1, 0.15) is 5.82 Å². The van der Waals surface area contributed by atoms with Gasteiger partial charge < -0.3 is 10.0 Å². The number of carbonyl (C=O) groups excluding carboxylic acids is 1. The van der Waals surface area contributed by atoms with Crippen LogP contribution in [0.25, 0.3) is 0 Å². The van der Waals surface area contributed by atoms with Crippen molar-refractivity contribution in [2.45, 2.75) is 45.6 Å². The number of aromatic carboxylic acids is 1. The lowest BCUT2D eigenvalue weighted by Gasteiger charge is -2.25. The molecule has 2 atom stereocenters. The fourth-order valence-corrected chi connectivity index (χ4v) is 5.54. The van der Waals surface area contributed by atoms with E-state index in [-0.39, 0.29) is 29.8 Å². The molecule has 1 N–H and O–H groups in total. The van der Waals surface area contributed by atoms with Crippen LogP contribution in [-0.2, 0) is 16.8 Å². The summed E-state index contributed by atoms with van der Waals surface area (Å²) >= 11 is 0. The zero-order chi connectivity index (χ0) is 24.7. The fraction of sp³-hybridized carbons (Fsp3) is 0.321. The molecule has 2 aromatic carbocycles. The summed E-state index contributed by atoms with van der Waals surface area (Å²) in [5.41, 5.74) is 1.54. The third kappa shape index (κ3) is 3.52. The predicted molar refractivity (Wildman–Crippen MR) is 128 cm³/mol. The van der Waals surface area contributed by atoms with E-state index in [0.29, 0.717) is 35.2 Å². The van der Waals surface area contributed by atoms with Crippen molar-refractivity contribution < 1.29 is 19.1 Å². The summed E-state index contributed by atoms with van der Waals surface area (Å²) in [6.07, 6.45) is 6.64. The highest BCUT2D eigenvalue weighted by molar-refractivity contribution is 6.11. The number of benzene rings is 2. The van der Waals surface area contributed by atoms with Crippen LogP contribution in [0.1, 0.15) is 55.1 Å². The van der Waals surface area contributed by atoms with Gasteiger partial charge in [-0.25, -0.2) is 9.18 Å². The molecule has 1 amide bonds. The van der Waals surface area contributed by atoms with Crippen molar-refractivity contribution in [3.63, 3.8) is 0 Å². The zero-order valence-corrected chi connectivity index (χ0v) is 19.5. The van der Waals surface area contributed by atoms with E-state index in [1.807, 2.05) is 6.08 Å². The summed E-state index contributed by atoms with van der Waals surface area (Å²) in [6, 6.07) is 13.1. The number of anilines is 1.